The second kappa shape index (κ2) is 7.70. The summed E-state index contributed by atoms with van der Waals surface area (Å²) < 4.78 is 15.9. The number of benzene rings is 1. The molecule has 0 bridgehead atoms. The van der Waals surface area contributed by atoms with Gasteiger partial charge in [0, 0.05) is 5.56 Å². The van der Waals surface area contributed by atoms with E-state index in [9.17, 15) is 14.4 Å². The van der Waals surface area contributed by atoms with Crippen molar-refractivity contribution in [3.8, 4) is 0 Å². The van der Waals surface area contributed by atoms with Crippen LogP contribution < -0.4 is 5.73 Å². The lowest BCUT2D eigenvalue weighted by Gasteiger charge is -2.29. The quantitative estimate of drug-likeness (QED) is 0.450. The number of rotatable bonds is 7. The molecule has 2 N–H and O–H groups in total. The zero-order valence-electron chi connectivity index (χ0n) is 15.3. The lowest BCUT2D eigenvalue weighted by Crippen LogP contribution is -2.45. The Hall–Kier alpha value is -2.67. The number of carbonyl (C=O) groups excluding carboxylic acids is 3. The van der Waals surface area contributed by atoms with Crippen molar-refractivity contribution in [2.75, 3.05) is 6.61 Å². The van der Waals surface area contributed by atoms with Gasteiger partial charge in [0.2, 0.25) is 11.7 Å². The van der Waals surface area contributed by atoms with Crippen LogP contribution in [0.2, 0.25) is 0 Å². The Morgan fingerprint density at radius 2 is 1.85 bits per heavy atom. The number of ketones is 2. The van der Waals surface area contributed by atoms with Crippen LogP contribution in [0.15, 0.2) is 35.7 Å². The average molecular weight is 361 g/mol. The van der Waals surface area contributed by atoms with Gasteiger partial charge in [-0.3, -0.25) is 9.59 Å². The van der Waals surface area contributed by atoms with Crippen molar-refractivity contribution in [1.82, 2.24) is 0 Å². The van der Waals surface area contributed by atoms with E-state index < -0.39 is 41.5 Å². The van der Waals surface area contributed by atoms with E-state index >= 15 is 0 Å². The molecule has 1 unspecified atom stereocenters. The summed E-state index contributed by atoms with van der Waals surface area (Å²) in [6.07, 6.45) is -0.851. The summed E-state index contributed by atoms with van der Waals surface area (Å²) in [4.78, 5) is 37.6. The second-order valence-corrected chi connectivity index (χ2v) is 6.28. The van der Waals surface area contributed by atoms with E-state index in [0.29, 0.717) is 5.56 Å². The van der Waals surface area contributed by atoms with Gasteiger partial charge in [0.25, 0.3) is 5.79 Å². The van der Waals surface area contributed by atoms with E-state index in [-0.39, 0.29) is 12.4 Å². The number of esters is 1. The first-order valence-corrected chi connectivity index (χ1v) is 8.38. The molecule has 7 heteroatoms. The number of nitrogens with two attached hydrogens (primary N) is 1. The molecule has 0 saturated heterocycles. The van der Waals surface area contributed by atoms with Crippen molar-refractivity contribution in [1.29, 1.82) is 0 Å². The minimum atomic E-state index is -1.97. The average Bonchev–Trinajstić information content (AvgIpc) is 2.77. The molecule has 26 heavy (non-hydrogen) atoms. The van der Waals surface area contributed by atoms with Crippen LogP contribution >= 0.6 is 0 Å². The van der Waals surface area contributed by atoms with Crippen LogP contribution in [0.3, 0.4) is 0 Å². The summed E-state index contributed by atoms with van der Waals surface area (Å²) in [6.45, 7) is 6.95. The van der Waals surface area contributed by atoms with Gasteiger partial charge < -0.3 is 19.9 Å². The molecular formula is C19H23NO6. The number of hydrogen-bond donors (Lipinski definition) is 1. The number of hydrogen-bond acceptors (Lipinski definition) is 7. The van der Waals surface area contributed by atoms with Crippen LogP contribution in [0, 0.1) is 6.92 Å². The van der Waals surface area contributed by atoms with Gasteiger partial charge in [-0.05, 0) is 27.7 Å². The fourth-order valence-electron chi connectivity index (χ4n) is 2.64. The molecule has 0 spiro atoms. The van der Waals surface area contributed by atoms with Crippen LogP contribution in [0.25, 0.3) is 0 Å². The Kier molecular flexibility index (Phi) is 5.82. The molecule has 1 heterocycles. The van der Waals surface area contributed by atoms with E-state index in [0.717, 1.165) is 5.56 Å². The maximum Gasteiger partial charge on any atom is 0.347 e. The number of aryl methyl sites for hydroxylation is 1. The fraction of sp³-hybridized carbons (Fsp3) is 0.421. The van der Waals surface area contributed by atoms with Crippen LogP contribution in [0.5, 0.6) is 0 Å². The fourth-order valence-corrected chi connectivity index (χ4v) is 2.64. The van der Waals surface area contributed by atoms with Gasteiger partial charge in [-0.15, -0.1) is 0 Å². The molecule has 1 aromatic carbocycles. The van der Waals surface area contributed by atoms with Crippen LogP contribution in [0.1, 0.15) is 43.1 Å². The molecule has 0 aromatic heterocycles. The van der Waals surface area contributed by atoms with Crippen LogP contribution in [-0.4, -0.2) is 36.0 Å². The Balaban J connectivity index is 2.32. The van der Waals surface area contributed by atoms with Crippen molar-refractivity contribution in [2.45, 2.75) is 46.0 Å². The molecule has 140 valence electrons. The van der Waals surface area contributed by atoms with E-state index in [2.05, 4.69) is 0 Å². The third kappa shape index (κ3) is 3.94. The van der Waals surface area contributed by atoms with Crippen molar-refractivity contribution in [3.05, 3.63) is 46.8 Å². The number of Topliss-reactive ketones (excluding diaryl/α,β-unsaturated/α-hetero) is 2. The van der Waals surface area contributed by atoms with Gasteiger partial charge in [-0.1, -0.05) is 29.8 Å². The normalized spacial score (nSPS) is 19.7. The largest absolute Gasteiger partial charge is 0.462 e. The number of carbonyl (C=O) groups is 3. The van der Waals surface area contributed by atoms with Gasteiger partial charge >= 0.3 is 5.97 Å². The van der Waals surface area contributed by atoms with Gasteiger partial charge in [0.1, 0.15) is 0 Å². The molecule has 1 aliphatic heterocycles. The Labute approximate surface area is 152 Å². The smallest absolute Gasteiger partial charge is 0.347 e. The molecule has 1 aromatic rings. The molecule has 0 saturated carbocycles. The predicted octanol–water partition coefficient (Wildman–Crippen LogP) is 2.02. The van der Waals surface area contributed by atoms with E-state index in [1.165, 1.54) is 0 Å². The highest BCUT2D eigenvalue weighted by Crippen LogP contribution is 2.35. The molecule has 0 aliphatic carbocycles. The molecule has 7 nitrogen and oxygen atoms in total. The molecule has 2 rings (SSSR count). The Bertz CT molecular complexity index is 750. The molecule has 0 amide bonds. The summed E-state index contributed by atoms with van der Waals surface area (Å²) in [5, 5.41) is 0. The lowest BCUT2D eigenvalue weighted by atomic mass is 9.96. The summed E-state index contributed by atoms with van der Waals surface area (Å²) in [5.41, 5.74) is 6.71. The van der Waals surface area contributed by atoms with Gasteiger partial charge in [-0.2, -0.15) is 0 Å². The van der Waals surface area contributed by atoms with Crippen molar-refractivity contribution in [2.24, 2.45) is 5.73 Å². The minimum absolute atomic E-state index is 0.0726. The maximum absolute atomic E-state index is 12.9. The minimum Gasteiger partial charge on any atom is -0.462 e. The highest BCUT2D eigenvalue weighted by atomic mass is 16.7. The van der Waals surface area contributed by atoms with E-state index in [1.807, 2.05) is 6.92 Å². The van der Waals surface area contributed by atoms with E-state index in [4.69, 9.17) is 19.9 Å². The first kappa shape index (κ1) is 19.7. The second-order valence-electron chi connectivity index (χ2n) is 6.28. The van der Waals surface area contributed by atoms with Gasteiger partial charge in [0.05, 0.1) is 19.1 Å². The first-order chi connectivity index (χ1) is 12.2. The topological polar surface area (TPSA) is 105 Å². The SMILES string of the molecule is CCOC(=O)C1=C(N)OC(CC(=O)c2ccc(C)cc2)(OC(C)C)C1=O. The first-order valence-electron chi connectivity index (χ1n) is 8.38. The predicted molar refractivity (Wildman–Crippen MR) is 93.0 cm³/mol. The molecule has 1 atom stereocenters. The van der Waals surface area contributed by atoms with Crippen LogP contribution in [-0.2, 0) is 23.8 Å². The summed E-state index contributed by atoms with van der Waals surface area (Å²) in [6, 6.07) is 6.89. The Morgan fingerprint density at radius 1 is 1.23 bits per heavy atom. The zero-order chi connectivity index (χ0) is 19.5. The van der Waals surface area contributed by atoms with Crippen molar-refractivity contribution >= 4 is 17.5 Å². The highest BCUT2D eigenvalue weighted by molar-refractivity contribution is 6.22. The van der Waals surface area contributed by atoms with Crippen LogP contribution in [0.4, 0.5) is 0 Å². The zero-order valence-corrected chi connectivity index (χ0v) is 15.3. The standard InChI is InChI=1S/C19H23NO6/c1-5-24-18(23)15-16(22)19(25-11(2)3,26-17(15)20)10-14(21)13-8-6-12(4)7-9-13/h6-9,11H,5,10,20H2,1-4H3. The van der Waals surface area contributed by atoms with Gasteiger partial charge in [0.15, 0.2) is 11.4 Å². The molecule has 0 fully saturated rings. The molecule has 1 aliphatic rings. The monoisotopic (exact) mass is 361 g/mol. The summed E-state index contributed by atoms with van der Waals surface area (Å²) >= 11 is 0. The maximum atomic E-state index is 12.9. The van der Waals surface area contributed by atoms with Crippen molar-refractivity contribution in [3.63, 3.8) is 0 Å². The summed E-state index contributed by atoms with van der Waals surface area (Å²) in [7, 11) is 0. The summed E-state index contributed by atoms with van der Waals surface area (Å²) in [5.74, 6) is -4.43. The van der Waals surface area contributed by atoms with Gasteiger partial charge in [-0.25, -0.2) is 4.79 Å². The lowest BCUT2D eigenvalue weighted by molar-refractivity contribution is -0.213. The third-order valence-corrected chi connectivity index (χ3v) is 3.77. The third-order valence-electron chi connectivity index (χ3n) is 3.77. The Morgan fingerprint density at radius 3 is 2.38 bits per heavy atom. The molecular weight excluding hydrogens is 338 g/mol. The highest BCUT2D eigenvalue weighted by Gasteiger charge is 2.55. The molecule has 0 radical (unpaired) electrons. The van der Waals surface area contributed by atoms with Crippen molar-refractivity contribution < 1.29 is 28.6 Å². The number of ether oxygens (including phenoxy) is 3. The van der Waals surface area contributed by atoms with E-state index in [1.54, 1.807) is 45.0 Å².